The number of aromatic amines is 2. The Morgan fingerprint density at radius 1 is 1.42 bits per heavy atom. The molecule has 7 nitrogen and oxygen atoms in total. The van der Waals surface area contributed by atoms with Gasteiger partial charge in [-0.25, -0.2) is 4.79 Å². The number of carbonyl (C=O) groups excluding carboxylic acids is 1. The van der Waals surface area contributed by atoms with Gasteiger partial charge in [-0.05, 0) is 11.4 Å². The van der Waals surface area contributed by atoms with Crippen LogP contribution >= 0.6 is 11.3 Å². The van der Waals surface area contributed by atoms with E-state index >= 15 is 0 Å². The van der Waals surface area contributed by atoms with E-state index < -0.39 is 17.3 Å². The van der Waals surface area contributed by atoms with Gasteiger partial charge in [-0.1, -0.05) is 6.07 Å². The van der Waals surface area contributed by atoms with Crippen LogP contribution in [0.4, 0.5) is 0 Å². The van der Waals surface area contributed by atoms with Crippen molar-refractivity contribution in [1.29, 1.82) is 0 Å². The summed E-state index contributed by atoms with van der Waals surface area (Å²) in [4.78, 5) is 39.1. The first-order chi connectivity index (χ1) is 9.06. The molecule has 1 atom stereocenters. The van der Waals surface area contributed by atoms with Crippen molar-refractivity contribution in [3.8, 4) is 0 Å². The highest BCUT2D eigenvalue weighted by molar-refractivity contribution is 7.10. The van der Waals surface area contributed by atoms with E-state index in [9.17, 15) is 14.4 Å². The highest BCUT2D eigenvalue weighted by atomic mass is 32.1. The molecule has 0 saturated heterocycles. The molecule has 0 spiro atoms. The molecule has 0 aromatic carbocycles. The lowest BCUT2D eigenvalue weighted by Crippen LogP contribution is -2.34. The number of H-pyrrole nitrogens is 2. The molecule has 5 N–H and O–H groups in total. The van der Waals surface area contributed by atoms with Crippen molar-refractivity contribution in [2.45, 2.75) is 12.6 Å². The van der Waals surface area contributed by atoms with Crippen LogP contribution in [0.1, 0.15) is 16.6 Å². The molecule has 1 amide bonds. The van der Waals surface area contributed by atoms with Crippen molar-refractivity contribution in [2.75, 3.05) is 0 Å². The maximum absolute atomic E-state index is 11.8. The standard InChI is InChI=1S/C11H12N4O3S/c12-9(7-2-1-3-19-7)10(17)13-5-6-4-8(16)15-11(18)14-6/h1-4,9H,5,12H2,(H,13,17)(H2,14,15,16,18). The summed E-state index contributed by atoms with van der Waals surface area (Å²) in [6, 6.07) is 4.03. The van der Waals surface area contributed by atoms with Crippen LogP contribution in [0.3, 0.4) is 0 Å². The minimum absolute atomic E-state index is 0.0388. The molecule has 2 rings (SSSR count). The quantitative estimate of drug-likeness (QED) is 0.600. The molecule has 0 bridgehead atoms. The lowest BCUT2D eigenvalue weighted by Gasteiger charge is -2.10. The molecule has 0 aliphatic carbocycles. The maximum atomic E-state index is 11.8. The molecule has 2 heterocycles. The van der Waals surface area contributed by atoms with Gasteiger partial charge in [0.1, 0.15) is 6.04 Å². The van der Waals surface area contributed by atoms with Crippen molar-refractivity contribution in [3.05, 3.63) is 55.0 Å². The van der Waals surface area contributed by atoms with Gasteiger partial charge in [-0.15, -0.1) is 11.3 Å². The summed E-state index contributed by atoms with van der Waals surface area (Å²) in [5.41, 5.74) is 4.96. The van der Waals surface area contributed by atoms with Crippen LogP contribution in [0, 0.1) is 0 Å². The van der Waals surface area contributed by atoms with Gasteiger partial charge in [0.25, 0.3) is 5.56 Å². The Labute approximate surface area is 111 Å². The Balaban J connectivity index is 2.00. The third-order valence-corrected chi connectivity index (χ3v) is 3.36. The Hall–Kier alpha value is -2.19. The topological polar surface area (TPSA) is 121 Å². The summed E-state index contributed by atoms with van der Waals surface area (Å²) in [6.45, 7) is 0.0388. The summed E-state index contributed by atoms with van der Waals surface area (Å²) in [6.07, 6.45) is 0. The molecule has 8 heteroatoms. The van der Waals surface area contributed by atoms with Crippen LogP contribution in [-0.4, -0.2) is 15.9 Å². The van der Waals surface area contributed by atoms with E-state index in [-0.39, 0.29) is 12.5 Å². The summed E-state index contributed by atoms with van der Waals surface area (Å²) in [7, 11) is 0. The van der Waals surface area contributed by atoms with Gasteiger partial charge in [0, 0.05) is 16.6 Å². The SMILES string of the molecule is NC(C(=O)NCc1cc(=O)[nH]c(=O)[nH]1)c1cccs1. The number of nitrogens with two attached hydrogens (primary N) is 1. The number of nitrogens with one attached hydrogen (secondary N) is 3. The van der Waals surface area contributed by atoms with Crippen LogP contribution < -0.4 is 22.3 Å². The Bertz CT molecular complexity index is 645. The minimum atomic E-state index is -0.756. The van der Waals surface area contributed by atoms with Crippen LogP contribution in [0.25, 0.3) is 0 Å². The first kappa shape index (κ1) is 13.2. The highest BCUT2D eigenvalue weighted by Crippen LogP contribution is 2.16. The zero-order valence-electron chi connectivity index (χ0n) is 9.80. The fraction of sp³-hybridized carbons (Fsp3) is 0.182. The lowest BCUT2D eigenvalue weighted by molar-refractivity contribution is -0.122. The number of hydrogen-bond acceptors (Lipinski definition) is 5. The van der Waals surface area contributed by atoms with Gasteiger partial charge in [-0.3, -0.25) is 14.6 Å². The highest BCUT2D eigenvalue weighted by Gasteiger charge is 2.16. The second-order valence-corrected chi connectivity index (χ2v) is 4.80. The number of thiophene rings is 1. The fourth-order valence-corrected chi connectivity index (χ4v) is 2.23. The zero-order valence-corrected chi connectivity index (χ0v) is 10.6. The lowest BCUT2D eigenvalue weighted by atomic mass is 10.2. The van der Waals surface area contributed by atoms with Gasteiger partial charge >= 0.3 is 5.69 Å². The summed E-state index contributed by atoms with van der Waals surface area (Å²) < 4.78 is 0. The molecular weight excluding hydrogens is 268 g/mol. The predicted molar refractivity (Wildman–Crippen MR) is 70.8 cm³/mol. The first-order valence-electron chi connectivity index (χ1n) is 5.45. The van der Waals surface area contributed by atoms with E-state index in [1.54, 1.807) is 12.1 Å². The van der Waals surface area contributed by atoms with Crippen LogP contribution in [0.15, 0.2) is 33.2 Å². The van der Waals surface area contributed by atoms with Crippen molar-refractivity contribution >= 4 is 17.2 Å². The largest absolute Gasteiger partial charge is 0.349 e. The smallest absolute Gasteiger partial charge is 0.325 e. The first-order valence-corrected chi connectivity index (χ1v) is 6.33. The molecule has 0 aliphatic heterocycles. The van der Waals surface area contributed by atoms with Crippen LogP contribution in [0.2, 0.25) is 0 Å². The number of hydrogen-bond donors (Lipinski definition) is 4. The molecule has 2 aromatic heterocycles. The van der Waals surface area contributed by atoms with Gasteiger partial charge in [0.15, 0.2) is 0 Å². The van der Waals surface area contributed by atoms with E-state index in [2.05, 4.69) is 10.3 Å². The van der Waals surface area contributed by atoms with Gasteiger partial charge in [0.2, 0.25) is 5.91 Å². The molecular formula is C11H12N4O3S. The normalized spacial score (nSPS) is 12.1. The van der Waals surface area contributed by atoms with E-state index in [0.29, 0.717) is 5.69 Å². The molecule has 2 aromatic rings. The second-order valence-electron chi connectivity index (χ2n) is 3.82. The molecule has 19 heavy (non-hydrogen) atoms. The third-order valence-electron chi connectivity index (χ3n) is 2.40. The average molecular weight is 280 g/mol. The van der Waals surface area contributed by atoms with Crippen molar-refractivity contribution in [3.63, 3.8) is 0 Å². The molecule has 0 saturated carbocycles. The van der Waals surface area contributed by atoms with Crippen LogP contribution in [-0.2, 0) is 11.3 Å². The maximum Gasteiger partial charge on any atom is 0.325 e. The van der Waals surface area contributed by atoms with Crippen molar-refractivity contribution < 1.29 is 4.79 Å². The predicted octanol–water partition coefficient (Wildman–Crippen LogP) is -0.559. The number of carbonyl (C=O) groups is 1. The average Bonchev–Trinajstić information content (AvgIpc) is 2.87. The minimum Gasteiger partial charge on any atom is -0.349 e. The molecule has 100 valence electrons. The van der Waals surface area contributed by atoms with Crippen LogP contribution in [0.5, 0.6) is 0 Å². The number of rotatable bonds is 4. The summed E-state index contributed by atoms with van der Waals surface area (Å²) >= 11 is 1.39. The van der Waals surface area contributed by atoms with Crippen molar-refractivity contribution in [2.24, 2.45) is 5.73 Å². The monoisotopic (exact) mass is 280 g/mol. The van der Waals surface area contributed by atoms with Gasteiger partial charge < -0.3 is 16.0 Å². The van der Waals surface area contributed by atoms with Gasteiger partial charge in [-0.2, -0.15) is 0 Å². The van der Waals surface area contributed by atoms with E-state index in [1.807, 2.05) is 10.4 Å². The Morgan fingerprint density at radius 3 is 2.84 bits per heavy atom. The molecule has 0 aliphatic rings. The van der Waals surface area contributed by atoms with E-state index in [1.165, 1.54) is 17.4 Å². The van der Waals surface area contributed by atoms with E-state index in [4.69, 9.17) is 5.73 Å². The number of aromatic nitrogens is 2. The fourth-order valence-electron chi connectivity index (χ4n) is 1.50. The summed E-state index contributed by atoms with van der Waals surface area (Å²) in [5.74, 6) is -0.372. The summed E-state index contributed by atoms with van der Waals surface area (Å²) in [5, 5.41) is 4.39. The van der Waals surface area contributed by atoms with Crippen molar-refractivity contribution in [1.82, 2.24) is 15.3 Å². The zero-order chi connectivity index (χ0) is 13.8. The third kappa shape index (κ3) is 3.39. The van der Waals surface area contributed by atoms with Gasteiger partial charge in [0.05, 0.1) is 6.54 Å². The molecule has 0 fully saturated rings. The molecule has 1 unspecified atom stereocenters. The Kier molecular flexibility index (Phi) is 3.93. The molecule has 0 radical (unpaired) electrons. The number of amides is 1. The second kappa shape index (κ2) is 5.63. The van der Waals surface area contributed by atoms with E-state index in [0.717, 1.165) is 4.88 Å². The Morgan fingerprint density at radius 2 is 2.21 bits per heavy atom.